The third-order valence-corrected chi connectivity index (χ3v) is 7.67. The molecule has 4 amide bonds. The molecule has 1 saturated carbocycles. The van der Waals surface area contributed by atoms with Crippen LogP contribution < -0.4 is 16.4 Å². The first-order chi connectivity index (χ1) is 15.3. The van der Waals surface area contributed by atoms with Gasteiger partial charge in [0.25, 0.3) is 5.91 Å². The van der Waals surface area contributed by atoms with Crippen LogP contribution in [0.25, 0.3) is 0 Å². The van der Waals surface area contributed by atoms with Gasteiger partial charge in [-0.2, -0.15) is 0 Å². The van der Waals surface area contributed by atoms with Crippen LogP contribution in [0.2, 0.25) is 0 Å². The van der Waals surface area contributed by atoms with E-state index in [0.29, 0.717) is 24.3 Å². The van der Waals surface area contributed by atoms with Gasteiger partial charge < -0.3 is 26.2 Å². The maximum Gasteiger partial charge on any atom is 0.309 e. The normalized spacial score (nSPS) is 25.8. The van der Waals surface area contributed by atoms with E-state index in [1.54, 1.807) is 0 Å². The summed E-state index contributed by atoms with van der Waals surface area (Å²) in [6.45, 7) is 3.22. The lowest BCUT2D eigenvalue weighted by Crippen LogP contribution is -2.57. The molecular weight excluding hydrogens is 432 g/mol. The minimum Gasteiger partial charge on any atom is -0.361 e. The van der Waals surface area contributed by atoms with Crippen molar-refractivity contribution in [2.75, 3.05) is 26.7 Å². The van der Waals surface area contributed by atoms with E-state index in [1.165, 1.54) is 11.3 Å². The molecular formula is C21H30N6O4S. The van der Waals surface area contributed by atoms with Crippen LogP contribution in [0, 0.1) is 5.92 Å². The first-order valence-electron chi connectivity index (χ1n) is 11.2. The van der Waals surface area contributed by atoms with Crippen LogP contribution in [0.5, 0.6) is 0 Å². The number of nitrogens with two attached hydrogens (primary N) is 1. The summed E-state index contributed by atoms with van der Waals surface area (Å²) in [6.07, 6.45) is 4.30. The SMILES string of the molecule is CN1CCc2nc(C(=O)N[C@@H]3C[C@@H](C(=O)N4CCCC4)CC[C@@H]3NC(=O)C(N)=O)sc2C1. The van der Waals surface area contributed by atoms with Gasteiger partial charge in [-0.1, -0.05) is 0 Å². The molecule has 0 bridgehead atoms. The Balaban J connectivity index is 1.47. The fourth-order valence-corrected chi connectivity index (χ4v) is 5.90. The molecule has 0 radical (unpaired) electrons. The maximum absolute atomic E-state index is 13.0. The van der Waals surface area contributed by atoms with Gasteiger partial charge in [0.05, 0.1) is 11.7 Å². The molecule has 1 saturated heterocycles. The fraction of sp³-hybridized carbons (Fsp3) is 0.667. The van der Waals surface area contributed by atoms with Gasteiger partial charge in [-0.05, 0) is 39.2 Å². The molecule has 174 valence electrons. The van der Waals surface area contributed by atoms with Gasteiger partial charge >= 0.3 is 11.8 Å². The van der Waals surface area contributed by atoms with Gasteiger partial charge in [0, 0.05) is 49.4 Å². The van der Waals surface area contributed by atoms with Gasteiger partial charge in [0.15, 0.2) is 5.01 Å². The maximum atomic E-state index is 13.0. The number of rotatable bonds is 4. The van der Waals surface area contributed by atoms with Crippen LogP contribution in [0.3, 0.4) is 0 Å². The summed E-state index contributed by atoms with van der Waals surface area (Å²) < 4.78 is 0. The van der Waals surface area contributed by atoms with E-state index in [2.05, 4.69) is 20.5 Å². The second-order valence-corrected chi connectivity index (χ2v) is 10.0. The third-order valence-electron chi connectivity index (χ3n) is 6.59. The van der Waals surface area contributed by atoms with E-state index in [9.17, 15) is 19.2 Å². The number of nitrogens with zero attached hydrogens (tertiary/aromatic N) is 3. The summed E-state index contributed by atoms with van der Waals surface area (Å²) in [5.41, 5.74) is 6.07. The van der Waals surface area contributed by atoms with Crippen molar-refractivity contribution in [3.63, 3.8) is 0 Å². The average Bonchev–Trinajstić information content (AvgIpc) is 3.44. The Hall–Kier alpha value is -2.53. The lowest BCUT2D eigenvalue weighted by Gasteiger charge is -2.37. The number of thiazole rings is 1. The molecule has 32 heavy (non-hydrogen) atoms. The third kappa shape index (κ3) is 4.93. The highest BCUT2D eigenvalue weighted by atomic mass is 32.1. The van der Waals surface area contributed by atoms with Crippen LogP contribution in [0.4, 0.5) is 0 Å². The molecule has 1 aromatic heterocycles. The topological polar surface area (TPSA) is 138 Å². The summed E-state index contributed by atoms with van der Waals surface area (Å²) in [4.78, 5) is 58.8. The monoisotopic (exact) mass is 462 g/mol. The van der Waals surface area contributed by atoms with Crippen LogP contribution in [0.15, 0.2) is 0 Å². The van der Waals surface area contributed by atoms with Crippen molar-refractivity contribution in [3.05, 3.63) is 15.6 Å². The Kier molecular flexibility index (Phi) is 6.75. The van der Waals surface area contributed by atoms with Crippen LogP contribution >= 0.6 is 11.3 Å². The van der Waals surface area contributed by atoms with Gasteiger partial charge in [0.2, 0.25) is 5.91 Å². The number of likely N-dealkylation sites (N-methyl/N-ethyl adjacent to an activating group) is 1. The molecule has 0 unspecified atom stereocenters. The molecule has 3 aliphatic rings. The molecule has 4 rings (SSSR count). The predicted octanol–water partition coefficient (Wildman–Crippen LogP) is -0.378. The molecule has 4 N–H and O–H groups in total. The summed E-state index contributed by atoms with van der Waals surface area (Å²) in [5.74, 6) is -2.38. The zero-order valence-corrected chi connectivity index (χ0v) is 19.1. The predicted molar refractivity (Wildman–Crippen MR) is 118 cm³/mol. The molecule has 1 aromatic rings. The summed E-state index contributed by atoms with van der Waals surface area (Å²) >= 11 is 1.38. The lowest BCUT2D eigenvalue weighted by molar-refractivity contribution is -0.138. The van der Waals surface area contributed by atoms with Crippen molar-refractivity contribution < 1.29 is 19.2 Å². The van der Waals surface area contributed by atoms with E-state index in [1.807, 2.05) is 11.9 Å². The van der Waals surface area contributed by atoms with Crippen LogP contribution in [-0.2, 0) is 27.3 Å². The zero-order chi connectivity index (χ0) is 22.8. The molecule has 10 nitrogen and oxygen atoms in total. The smallest absolute Gasteiger partial charge is 0.309 e. The fourth-order valence-electron chi connectivity index (χ4n) is 4.81. The number of hydrogen-bond donors (Lipinski definition) is 3. The van der Waals surface area contributed by atoms with Crippen molar-refractivity contribution in [1.82, 2.24) is 25.4 Å². The van der Waals surface area contributed by atoms with Gasteiger partial charge in [-0.3, -0.25) is 19.2 Å². The number of carbonyl (C=O) groups excluding carboxylic acids is 4. The largest absolute Gasteiger partial charge is 0.361 e. The highest BCUT2D eigenvalue weighted by molar-refractivity contribution is 7.13. The minimum atomic E-state index is -1.07. The number of likely N-dealkylation sites (tertiary alicyclic amines) is 1. The highest BCUT2D eigenvalue weighted by Gasteiger charge is 2.38. The van der Waals surface area contributed by atoms with Gasteiger partial charge in [0.1, 0.15) is 0 Å². The molecule has 11 heteroatoms. The van der Waals surface area contributed by atoms with Gasteiger partial charge in [-0.25, -0.2) is 4.98 Å². The van der Waals surface area contributed by atoms with Crippen molar-refractivity contribution in [2.24, 2.45) is 11.7 Å². The van der Waals surface area contributed by atoms with E-state index >= 15 is 0 Å². The van der Waals surface area contributed by atoms with E-state index in [0.717, 1.165) is 56.0 Å². The number of carbonyl (C=O) groups is 4. The summed E-state index contributed by atoms with van der Waals surface area (Å²) in [7, 11) is 2.04. The Morgan fingerprint density at radius 2 is 1.81 bits per heavy atom. The van der Waals surface area contributed by atoms with Crippen molar-refractivity contribution in [2.45, 2.75) is 57.2 Å². The van der Waals surface area contributed by atoms with E-state index in [4.69, 9.17) is 5.73 Å². The molecule has 3 atom stereocenters. The van der Waals surface area contributed by atoms with Crippen LogP contribution in [0.1, 0.15) is 52.5 Å². The number of aromatic nitrogens is 1. The molecule has 3 heterocycles. The summed E-state index contributed by atoms with van der Waals surface area (Å²) in [6, 6.07) is -0.956. The number of fused-ring (bicyclic) bond motifs is 1. The first kappa shape index (κ1) is 22.7. The molecule has 0 aromatic carbocycles. The minimum absolute atomic E-state index is 0.106. The van der Waals surface area contributed by atoms with E-state index < -0.39 is 23.9 Å². The zero-order valence-electron chi connectivity index (χ0n) is 18.3. The first-order valence-corrected chi connectivity index (χ1v) is 12.0. The Morgan fingerprint density at radius 3 is 2.53 bits per heavy atom. The highest BCUT2D eigenvalue weighted by Crippen LogP contribution is 2.29. The Morgan fingerprint density at radius 1 is 1.06 bits per heavy atom. The Labute approximate surface area is 190 Å². The second-order valence-electron chi connectivity index (χ2n) is 8.94. The number of amides is 4. The van der Waals surface area contributed by atoms with Crippen molar-refractivity contribution in [3.8, 4) is 0 Å². The lowest BCUT2D eigenvalue weighted by atomic mass is 9.81. The standard InChI is InChI=1S/C21H30N6O4S/c1-26-9-6-14-16(11-26)32-20(25-14)19(30)24-15-10-12(21(31)27-7-2-3-8-27)4-5-13(15)23-18(29)17(22)28/h12-13,15H,2-11H2,1H3,(H2,22,28)(H,23,29)(H,24,30)/t12-,13-,15+/m0/s1. The number of hydrogen-bond acceptors (Lipinski definition) is 7. The average molecular weight is 463 g/mol. The second kappa shape index (κ2) is 9.53. The number of nitrogens with one attached hydrogen (secondary N) is 2. The Bertz CT molecular complexity index is 912. The van der Waals surface area contributed by atoms with Crippen molar-refractivity contribution >= 4 is 35.0 Å². The number of primary amides is 1. The summed E-state index contributed by atoms with van der Waals surface area (Å²) in [5, 5.41) is 6.00. The van der Waals surface area contributed by atoms with E-state index in [-0.39, 0.29) is 17.7 Å². The molecule has 0 spiro atoms. The molecule has 2 fully saturated rings. The molecule has 1 aliphatic carbocycles. The van der Waals surface area contributed by atoms with Crippen molar-refractivity contribution in [1.29, 1.82) is 0 Å². The molecule has 2 aliphatic heterocycles. The van der Waals surface area contributed by atoms with Gasteiger partial charge in [-0.15, -0.1) is 11.3 Å². The van der Waals surface area contributed by atoms with Crippen LogP contribution in [-0.4, -0.2) is 77.2 Å². The quantitative estimate of drug-likeness (QED) is 0.522.